The molecule has 100 valence electrons. The molecule has 0 heterocycles. The van der Waals surface area contributed by atoms with Gasteiger partial charge in [0, 0.05) is 9.99 Å². The summed E-state index contributed by atoms with van der Waals surface area (Å²) in [5, 5.41) is 3.46. The van der Waals surface area contributed by atoms with E-state index >= 15 is 0 Å². The molecular weight excluding hydrogens is 361 g/mol. The zero-order chi connectivity index (χ0) is 13.4. The Hall–Kier alpha value is -0.290. The molecule has 1 N–H and O–H groups in total. The van der Waals surface area contributed by atoms with Gasteiger partial charge in [0.1, 0.15) is 0 Å². The van der Waals surface area contributed by atoms with Gasteiger partial charge in [0.05, 0.1) is 10.7 Å². The lowest BCUT2D eigenvalue weighted by atomic mass is 10.1. The maximum atomic E-state index is 11.7. The Kier molecular flexibility index (Phi) is 7.66. The molecule has 2 nitrogen and oxygen atoms in total. The lowest BCUT2D eigenvalue weighted by molar-refractivity contribution is -0.116. The maximum absolute atomic E-state index is 11.7. The van der Waals surface area contributed by atoms with E-state index in [-0.39, 0.29) is 5.91 Å². The van der Waals surface area contributed by atoms with Crippen LogP contribution < -0.4 is 5.32 Å². The van der Waals surface area contributed by atoms with E-state index in [1.165, 1.54) is 19.3 Å². The summed E-state index contributed by atoms with van der Waals surface area (Å²) in [4.78, 5) is 11.7. The smallest absolute Gasteiger partial charge is 0.224 e. The van der Waals surface area contributed by atoms with Crippen molar-refractivity contribution in [3.8, 4) is 0 Å². The fourth-order valence-electron chi connectivity index (χ4n) is 1.70. The van der Waals surface area contributed by atoms with Gasteiger partial charge < -0.3 is 5.32 Å². The van der Waals surface area contributed by atoms with E-state index in [1.807, 2.05) is 12.1 Å². The average Bonchev–Trinajstić information content (AvgIpc) is 2.33. The number of nitrogens with one attached hydrogen (secondary N) is 1. The molecule has 0 aromatic heterocycles. The standard InChI is InChI=1S/C14H19ClINO/c1-2-3-4-5-6-7-14(18)17-13-10-11(16)8-9-12(13)15/h8-10H,2-7H2,1H3,(H,17,18). The summed E-state index contributed by atoms with van der Waals surface area (Å²) in [5.74, 6) is 0.0513. The third kappa shape index (κ3) is 6.05. The summed E-state index contributed by atoms with van der Waals surface area (Å²) in [5.41, 5.74) is 0.710. The first kappa shape index (κ1) is 15.8. The second kappa shape index (κ2) is 8.75. The number of amides is 1. The number of hydrogen-bond donors (Lipinski definition) is 1. The third-order valence-corrected chi connectivity index (χ3v) is 3.71. The van der Waals surface area contributed by atoms with Crippen molar-refractivity contribution in [1.29, 1.82) is 0 Å². The number of anilines is 1. The summed E-state index contributed by atoms with van der Waals surface area (Å²) in [6.07, 6.45) is 6.35. The minimum atomic E-state index is 0.0513. The van der Waals surface area contributed by atoms with Crippen LogP contribution >= 0.6 is 34.2 Å². The van der Waals surface area contributed by atoms with Gasteiger partial charge in [-0.2, -0.15) is 0 Å². The topological polar surface area (TPSA) is 29.1 Å². The molecule has 18 heavy (non-hydrogen) atoms. The molecule has 0 fully saturated rings. The number of halogens is 2. The lowest BCUT2D eigenvalue weighted by Gasteiger charge is -2.07. The van der Waals surface area contributed by atoms with E-state index in [4.69, 9.17) is 11.6 Å². The number of rotatable bonds is 7. The van der Waals surface area contributed by atoms with Crippen molar-refractivity contribution in [2.24, 2.45) is 0 Å². The molecule has 0 unspecified atom stereocenters. The molecule has 0 atom stereocenters. The van der Waals surface area contributed by atoms with Crippen molar-refractivity contribution in [1.82, 2.24) is 0 Å². The van der Waals surface area contributed by atoms with Gasteiger partial charge in [-0.05, 0) is 47.2 Å². The van der Waals surface area contributed by atoms with E-state index in [9.17, 15) is 4.79 Å². The Morgan fingerprint density at radius 1 is 1.28 bits per heavy atom. The van der Waals surface area contributed by atoms with E-state index in [2.05, 4.69) is 34.8 Å². The first-order valence-corrected chi connectivity index (χ1v) is 7.84. The monoisotopic (exact) mass is 379 g/mol. The van der Waals surface area contributed by atoms with Gasteiger partial charge in [0.2, 0.25) is 5.91 Å². The Bertz CT molecular complexity index is 395. The Labute approximate surface area is 128 Å². The van der Waals surface area contributed by atoms with Crippen LogP contribution in [0, 0.1) is 3.57 Å². The molecule has 1 aromatic rings. The van der Waals surface area contributed by atoms with Gasteiger partial charge in [-0.3, -0.25) is 4.79 Å². The van der Waals surface area contributed by atoms with Gasteiger partial charge in [0.25, 0.3) is 0 Å². The zero-order valence-corrected chi connectivity index (χ0v) is 13.6. The molecule has 0 spiro atoms. The number of hydrogen-bond acceptors (Lipinski definition) is 1. The Balaban J connectivity index is 2.33. The highest BCUT2D eigenvalue weighted by atomic mass is 127. The molecule has 0 aliphatic rings. The number of carbonyl (C=O) groups excluding carboxylic acids is 1. The van der Waals surface area contributed by atoms with E-state index in [1.54, 1.807) is 6.07 Å². The van der Waals surface area contributed by atoms with Crippen molar-refractivity contribution in [2.75, 3.05) is 5.32 Å². The molecule has 1 aromatic carbocycles. The summed E-state index contributed by atoms with van der Waals surface area (Å²) in [7, 11) is 0. The number of carbonyl (C=O) groups is 1. The van der Waals surface area contributed by atoms with Crippen LogP contribution in [0.4, 0.5) is 5.69 Å². The molecule has 0 saturated carbocycles. The Morgan fingerprint density at radius 3 is 2.72 bits per heavy atom. The molecule has 1 rings (SSSR count). The summed E-state index contributed by atoms with van der Waals surface area (Å²) < 4.78 is 1.07. The third-order valence-electron chi connectivity index (χ3n) is 2.71. The number of unbranched alkanes of at least 4 members (excludes halogenated alkanes) is 4. The fraction of sp³-hybridized carbons (Fsp3) is 0.500. The van der Waals surface area contributed by atoms with Crippen molar-refractivity contribution in [3.63, 3.8) is 0 Å². The summed E-state index contributed by atoms with van der Waals surface area (Å²) >= 11 is 8.23. The number of benzene rings is 1. The van der Waals surface area contributed by atoms with Crippen LogP contribution in [-0.2, 0) is 4.79 Å². The van der Waals surface area contributed by atoms with Crippen molar-refractivity contribution < 1.29 is 4.79 Å². The van der Waals surface area contributed by atoms with Crippen LogP contribution in [0.2, 0.25) is 5.02 Å². The van der Waals surface area contributed by atoms with Crippen molar-refractivity contribution in [3.05, 3.63) is 26.8 Å². The SMILES string of the molecule is CCCCCCCC(=O)Nc1cc(I)ccc1Cl. The van der Waals surface area contributed by atoms with Gasteiger partial charge in [-0.1, -0.05) is 44.2 Å². The molecule has 0 aliphatic heterocycles. The molecule has 0 aliphatic carbocycles. The second-order valence-corrected chi connectivity index (χ2v) is 5.99. The van der Waals surface area contributed by atoms with Crippen LogP contribution in [0.5, 0.6) is 0 Å². The van der Waals surface area contributed by atoms with Gasteiger partial charge in [-0.25, -0.2) is 0 Å². The largest absolute Gasteiger partial charge is 0.325 e. The summed E-state index contributed by atoms with van der Waals surface area (Å²) in [6.45, 7) is 2.19. The molecule has 1 amide bonds. The van der Waals surface area contributed by atoms with Crippen molar-refractivity contribution in [2.45, 2.75) is 45.4 Å². The highest BCUT2D eigenvalue weighted by Crippen LogP contribution is 2.24. The quantitative estimate of drug-likeness (QED) is 0.509. The van der Waals surface area contributed by atoms with E-state index in [0.29, 0.717) is 17.1 Å². The fourth-order valence-corrected chi connectivity index (χ4v) is 2.35. The van der Waals surface area contributed by atoms with E-state index < -0.39 is 0 Å². The van der Waals surface area contributed by atoms with Crippen LogP contribution in [-0.4, -0.2) is 5.91 Å². The van der Waals surface area contributed by atoms with E-state index in [0.717, 1.165) is 16.4 Å². The predicted octanol–water partition coefficient (Wildman–Crippen LogP) is 5.24. The molecule has 0 saturated heterocycles. The van der Waals surface area contributed by atoms with Gasteiger partial charge in [0.15, 0.2) is 0 Å². The van der Waals surface area contributed by atoms with Gasteiger partial charge in [-0.15, -0.1) is 0 Å². The normalized spacial score (nSPS) is 10.4. The van der Waals surface area contributed by atoms with Gasteiger partial charge >= 0.3 is 0 Å². The highest BCUT2D eigenvalue weighted by Gasteiger charge is 2.06. The van der Waals surface area contributed by atoms with Crippen molar-refractivity contribution >= 4 is 45.8 Å². The molecule has 4 heteroatoms. The maximum Gasteiger partial charge on any atom is 0.224 e. The van der Waals surface area contributed by atoms with Crippen LogP contribution in [0.3, 0.4) is 0 Å². The minimum Gasteiger partial charge on any atom is -0.325 e. The zero-order valence-electron chi connectivity index (χ0n) is 10.6. The second-order valence-electron chi connectivity index (χ2n) is 4.34. The first-order valence-electron chi connectivity index (χ1n) is 6.38. The van der Waals surface area contributed by atoms with Crippen LogP contribution in [0.25, 0.3) is 0 Å². The minimum absolute atomic E-state index is 0.0513. The average molecular weight is 380 g/mol. The lowest BCUT2D eigenvalue weighted by Crippen LogP contribution is -2.11. The molecular formula is C14H19ClINO. The molecule has 0 bridgehead atoms. The predicted molar refractivity (Wildman–Crippen MR) is 86.2 cm³/mol. The van der Waals surface area contributed by atoms with Crippen LogP contribution in [0.1, 0.15) is 45.4 Å². The first-order chi connectivity index (χ1) is 8.63. The highest BCUT2D eigenvalue weighted by molar-refractivity contribution is 14.1. The summed E-state index contributed by atoms with van der Waals surface area (Å²) in [6, 6.07) is 5.61. The van der Waals surface area contributed by atoms with Crippen LogP contribution in [0.15, 0.2) is 18.2 Å². The molecule has 0 radical (unpaired) electrons. The Morgan fingerprint density at radius 2 is 2.00 bits per heavy atom.